The normalized spacial score (nSPS) is 26.4. The molecule has 0 atom stereocenters. The van der Waals surface area contributed by atoms with E-state index in [1.807, 2.05) is 0 Å². The van der Waals surface area contributed by atoms with Crippen molar-refractivity contribution >= 4 is 18.1 Å². The van der Waals surface area contributed by atoms with E-state index >= 15 is 0 Å². The highest BCUT2D eigenvalue weighted by atomic mass is 16.2. The molecule has 0 aromatic carbocycles. The molecular formula is C8H9N3O3. The Hall–Kier alpha value is -1.77. The van der Waals surface area contributed by atoms with Crippen LogP contribution in [0.25, 0.3) is 0 Å². The van der Waals surface area contributed by atoms with Gasteiger partial charge < -0.3 is 5.32 Å². The maximum Gasteiger partial charge on any atom is 0.272 e. The SMILES string of the molecule is O=C=NC1(N=C=O)CCCCNC1=O. The molecule has 0 unspecified atom stereocenters. The molecule has 1 aliphatic heterocycles. The number of aliphatic imine (C=N–C) groups is 2. The third kappa shape index (κ3) is 1.93. The molecule has 1 N–H and O–H groups in total. The minimum Gasteiger partial charge on any atom is -0.352 e. The van der Waals surface area contributed by atoms with Crippen molar-refractivity contribution in [2.75, 3.05) is 6.54 Å². The fraction of sp³-hybridized carbons (Fsp3) is 0.625. The molecule has 1 rings (SSSR count). The molecule has 0 aromatic heterocycles. The molecule has 14 heavy (non-hydrogen) atoms. The number of carbonyl (C=O) groups is 1. The Morgan fingerprint density at radius 1 is 1.21 bits per heavy atom. The number of isocyanates is 2. The Bertz CT molecular complexity index is 309. The quantitative estimate of drug-likeness (QED) is 0.482. The Labute approximate surface area is 80.1 Å². The molecular weight excluding hydrogens is 186 g/mol. The molecule has 1 saturated heterocycles. The number of nitrogens with one attached hydrogen (secondary N) is 1. The van der Waals surface area contributed by atoms with Crippen molar-refractivity contribution in [2.24, 2.45) is 9.98 Å². The second kappa shape index (κ2) is 4.46. The average Bonchev–Trinajstić information content (AvgIpc) is 2.32. The van der Waals surface area contributed by atoms with Gasteiger partial charge in [-0.1, -0.05) is 0 Å². The number of amides is 1. The standard InChI is InChI=1S/C8H9N3O3/c12-5-10-8(11-6-13)3-1-2-4-9-7(8)14/h1-4H2,(H,9,14). The first kappa shape index (κ1) is 10.3. The first-order valence-corrected chi connectivity index (χ1v) is 4.21. The summed E-state index contributed by atoms with van der Waals surface area (Å²) in [6.45, 7) is 0.503. The molecule has 6 heteroatoms. The lowest BCUT2D eigenvalue weighted by Crippen LogP contribution is -2.42. The van der Waals surface area contributed by atoms with Gasteiger partial charge in [-0.3, -0.25) is 4.79 Å². The molecule has 0 spiro atoms. The first-order valence-electron chi connectivity index (χ1n) is 4.21. The molecule has 0 aromatic rings. The second-order valence-corrected chi connectivity index (χ2v) is 2.94. The van der Waals surface area contributed by atoms with Crippen LogP contribution in [0.4, 0.5) is 0 Å². The molecule has 0 saturated carbocycles. The van der Waals surface area contributed by atoms with Crippen molar-refractivity contribution in [3.63, 3.8) is 0 Å². The van der Waals surface area contributed by atoms with Crippen LogP contribution in [-0.2, 0) is 14.4 Å². The predicted octanol–water partition coefficient (Wildman–Crippen LogP) is -0.346. The van der Waals surface area contributed by atoms with Gasteiger partial charge in [-0.05, 0) is 12.8 Å². The zero-order valence-corrected chi connectivity index (χ0v) is 7.45. The molecule has 74 valence electrons. The van der Waals surface area contributed by atoms with Crippen molar-refractivity contribution < 1.29 is 14.4 Å². The van der Waals surface area contributed by atoms with Crippen molar-refractivity contribution in [2.45, 2.75) is 24.9 Å². The zero-order chi connectivity index (χ0) is 10.4. The van der Waals surface area contributed by atoms with E-state index in [4.69, 9.17) is 0 Å². The van der Waals surface area contributed by atoms with E-state index in [2.05, 4.69) is 15.3 Å². The summed E-state index contributed by atoms with van der Waals surface area (Å²) in [5.74, 6) is -0.540. The monoisotopic (exact) mass is 195 g/mol. The fourth-order valence-electron chi connectivity index (χ4n) is 1.34. The van der Waals surface area contributed by atoms with Crippen LogP contribution in [0.2, 0.25) is 0 Å². The van der Waals surface area contributed by atoms with Crippen LogP contribution in [0.15, 0.2) is 9.98 Å². The van der Waals surface area contributed by atoms with E-state index in [-0.39, 0.29) is 6.42 Å². The van der Waals surface area contributed by atoms with Gasteiger partial charge in [0.15, 0.2) is 0 Å². The highest BCUT2D eigenvalue weighted by molar-refractivity contribution is 5.88. The Kier molecular flexibility index (Phi) is 3.29. The topological polar surface area (TPSA) is 88.0 Å². The number of nitrogens with zero attached hydrogens (tertiary/aromatic N) is 2. The lowest BCUT2D eigenvalue weighted by atomic mass is 10.1. The third-order valence-corrected chi connectivity index (χ3v) is 2.06. The van der Waals surface area contributed by atoms with Crippen LogP contribution in [0.5, 0.6) is 0 Å². The Balaban J connectivity index is 3.08. The van der Waals surface area contributed by atoms with Crippen molar-refractivity contribution in [3.05, 3.63) is 0 Å². The predicted molar refractivity (Wildman–Crippen MR) is 45.8 cm³/mol. The number of rotatable bonds is 2. The molecule has 1 fully saturated rings. The largest absolute Gasteiger partial charge is 0.352 e. The van der Waals surface area contributed by atoms with Gasteiger partial charge in [-0.15, -0.1) is 0 Å². The van der Waals surface area contributed by atoms with Crippen molar-refractivity contribution in [3.8, 4) is 0 Å². The molecule has 1 amide bonds. The molecule has 1 aliphatic rings. The van der Waals surface area contributed by atoms with Gasteiger partial charge in [-0.25, -0.2) is 9.59 Å². The van der Waals surface area contributed by atoms with Crippen LogP contribution >= 0.6 is 0 Å². The lowest BCUT2D eigenvalue weighted by molar-refractivity contribution is -0.125. The van der Waals surface area contributed by atoms with Gasteiger partial charge >= 0.3 is 0 Å². The molecule has 6 nitrogen and oxygen atoms in total. The van der Waals surface area contributed by atoms with Gasteiger partial charge in [0.1, 0.15) is 0 Å². The van der Waals surface area contributed by atoms with Crippen molar-refractivity contribution in [1.82, 2.24) is 5.32 Å². The molecule has 0 aliphatic carbocycles. The minimum absolute atomic E-state index is 0.239. The smallest absolute Gasteiger partial charge is 0.272 e. The summed E-state index contributed by atoms with van der Waals surface area (Å²) >= 11 is 0. The first-order chi connectivity index (χ1) is 6.75. The van der Waals surface area contributed by atoms with Gasteiger partial charge in [0, 0.05) is 13.0 Å². The summed E-state index contributed by atoms with van der Waals surface area (Å²) in [5, 5.41) is 2.52. The molecule has 0 radical (unpaired) electrons. The molecule has 0 bridgehead atoms. The van der Waals surface area contributed by atoms with Crippen LogP contribution in [0.1, 0.15) is 19.3 Å². The summed E-state index contributed by atoms with van der Waals surface area (Å²) in [6.07, 6.45) is 4.20. The number of hydrogen-bond donors (Lipinski definition) is 1. The van der Waals surface area contributed by atoms with Crippen LogP contribution in [0, 0.1) is 0 Å². The van der Waals surface area contributed by atoms with E-state index in [0.717, 1.165) is 6.42 Å². The summed E-state index contributed by atoms with van der Waals surface area (Å²) in [6, 6.07) is 0. The summed E-state index contributed by atoms with van der Waals surface area (Å²) in [4.78, 5) is 38.4. The second-order valence-electron chi connectivity index (χ2n) is 2.94. The summed E-state index contributed by atoms with van der Waals surface area (Å²) in [7, 11) is 0. The fourth-order valence-corrected chi connectivity index (χ4v) is 1.34. The maximum absolute atomic E-state index is 11.5. The maximum atomic E-state index is 11.5. The van der Waals surface area contributed by atoms with Crippen LogP contribution in [0.3, 0.4) is 0 Å². The van der Waals surface area contributed by atoms with Gasteiger partial charge in [0.05, 0.1) is 0 Å². The highest BCUT2D eigenvalue weighted by Gasteiger charge is 2.39. The lowest BCUT2D eigenvalue weighted by Gasteiger charge is -2.16. The van der Waals surface area contributed by atoms with E-state index < -0.39 is 11.6 Å². The third-order valence-electron chi connectivity index (χ3n) is 2.06. The summed E-state index contributed by atoms with van der Waals surface area (Å²) < 4.78 is 0. The van der Waals surface area contributed by atoms with Gasteiger partial charge in [0.2, 0.25) is 12.2 Å². The Morgan fingerprint density at radius 3 is 2.43 bits per heavy atom. The minimum atomic E-state index is -1.62. The molecule has 1 heterocycles. The summed E-state index contributed by atoms with van der Waals surface area (Å²) in [5.41, 5.74) is -1.62. The van der Waals surface area contributed by atoms with E-state index in [1.54, 1.807) is 0 Å². The zero-order valence-electron chi connectivity index (χ0n) is 7.45. The van der Waals surface area contributed by atoms with Gasteiger partial charge in [0.25, 0.3) is 11.6 Å². The van der Waals surface area contributed by atoms with E-state index in [0.29, 0.717) is 13.0 Å². The number of hydrogen-bond acceptors (Lipinski definition) is 5. The van der Waals surface area contributed by atoms with E-state index in [9.17, 15) is 14.4 Å². The highest BCUT2D eigenvalue weighted by Crippen LogP contribution is 2.22. The van der Waals surface area contributed by atoms with E-state index in [1.165, 1.54) is 12.2 Å². The average molecular weight is 195 g/mol. The van der Waals surface area contributed by atoms with Crippen LogP contribution < -0.4 is 5.32 Å². The van der Waals surface area contributed by atoms with Gasteiger partial charge in [-0.2, -0.15) is 9.98 Å². The Morgan fingerprint density at radius 2 is 1.86 bits per heavy atom. The van der Waals surface area contributed by atoms with Crippen molar-refractivity contribution in [1.29, 1.82) is 0 Å². The van der Waals surface area contributed by atoms with Crippen LogP contribution in [-0.4, -0.2) is 30.3 Å². The number of carbonyl (C=O) groups excluding carboxylic acids is 3.